The van der Waals surface area contributed by atoms with E-state index in [1.54, 1.807) is 0 Å². The Labute approximate surface area is 174 Å². The molecule has 0 heterocycles. The van der Waals surface area contributed by atoms with Gasteiger partial charge in [-0.05, 0) is 11.8 Å². The van der Waals surface area contributed by atoms with Crippen LogP contribution in [0.1, 0.15) is 47.0 Å². The number of aliphatic carboxylic acids is 1. The van der Waals surface area contributed by atoms with E-state index in [1.165, 1.54) is 0 Å². The predicted molar refractivity (Wildman–Crippen MR) is 116 cm³/mol. The highest BCUT2D eigenvalue weighted by Gasteiger charge is 2.29. The van der Waals surface area contributed by atoms with Crippen molar-refractivity contribution in [1.82, 2.24) is 16.0 Å². The third-order valence-corrected chi connectivity index (χ3v) is 5.76. The van der Waals surface area contributed by atoms with Gasteiger partial charge in [0.2, 0.25) is 5.91 Å². The standard InChI is InChI=1S/C19H40N4O4S/c1-5-12(3)16(21-9-14(20)11-28)10-22-17(13(4)6-2)18(25)23-15(7-8-24)19(26)27/h12-17,21-22,24,28H,5-11,20H2,1-4H3,(H,23,25)(H,26,27)/t12?,13-,14?,15+,16?,17+/m1/s1. The van der Waals surface area contributed by atoms with Gasteiger partial charge in [0.15, 0.2) is 0 Å². The topological polar surface area (TPSA) is 137 Å². The molecule has 0 aromatic carbocycles. The van der Waals surface area contributed by atoms with Crippen molar-refractivity contribution in [2.75, 3.05) is 25.4 Å². The molecule has 166 valence electrons. The van der Waals surface area contributed by atoms with E-state index < -0.39 is 18.1 Å². The molecule has 3 unspecified atom stereocenters. The van der Waals surface area contributed by atoms with E-state index in [0.717, 1.165) is 12.8 Å². The van der Waals surface area contributed by atoms with Crippen molar-refractivity contribution < 1.29 is 19.8 Å². The molecule has 1 amide bonds. The molecular weight excluding hydrogens is 380 g/mol. The zero-order chi connectivity index (χ0) is 21.7. The van der Waals surface area contributed by atoms with Crippen molar-refractivity contribution in [1.29, 1.82) is 0 Å². The minimum Gasteiger partial charge on any atom is -0.480 e. The summed E-state index contributed by atoms with van der Waals surface area (Å²) in [7, 11) is 0. The van der Waals surface area contributed by atoms with Crippen molar-refractivity contribution in [2.45, 2.75) is 71.1 Å². The summed E-state index contributed by atoms with van der Waals surface area (Å²) >= 11 is 4.21. The molecular formula is C19H40N4O4S. The SMILES string of the molecule is CCC(C)C(CN[C@H](C(=O)N[C@@H](CCO)C(=O)O)[C@H](C)CC)NCC(N)CS. The molecule has 0 saturated carbocycles. The van der Waals surface area contributed by atoms with Crippen LogP contribution in [0.15, 0.2) is 0 Å². The number of carboxylic acids is 1. The van der Waals surface area contributed by atoms with Crippen LogP contribution >= 0.6 is 12.6 Å². The van der Waals surface area contributed by atoms with E-state index in [0.29, 0.717) is 24.8 Å². The van der Waals surface area contributed by atoms with E-state index in [1.807, 2.05) is 13.8 Å². The smallest absolute Gasteiger partial charge is 0.326 e. The number of aliphatic hydroxyl groups is 1. The fourth-order valence-corrected chi connectivity index (χ4v) is 2.95. The molecule has 0 saturated heterocycles. The van der Waals surface area contributed by atoms with Gasteiger partial charge in [-0.2, -0.15) is 12.6 Å². The summed E-state index contributed by atoms with van der Waals surface area (Å²) in [6, 6.07) is -1.53. The monoisotopic (exact) mass is 420 g/mol. The first kappa shape index (κ1) is 27.1. The van der Waals surface area contributed by atoms with E-state index in [2.05, 4.69) is 42.4 Å². The number of aliphatic hydroxyl groups excluding tert-OH is 1. The number of hydrogen-bond acceptors (Lipinski definition) is 7. The van der Waals surface area contributed by atoms with Crippen LogP contribution in [0.4, 0.5) is 0 Å². The minimum atomic E-state index is -1.15. The molecule has 28 heavy (non-hydrogen) atoms. The largest absolute Gasteiger partial charge is 0.480 e. The van der Waals surface area contributed by atoms with Crippen LogP contribution in [0.5, 0.6) is 0 Å². The Morgan fingerprint density at radius 3 is 2.14 bits per heavy atom. The zero-order valence-electron chi connectivity index (χ0n) is 17.6. The lowest BCUT2D eigenvalue weighted by Gasteiger charge is -2.30. The Balaban J connectivity index is 5.07. The highest BCUT2D eigenvalue weighted by atomic mass is 32.1. The molecule has 0 aliphatic heterocycles. The predicted octanol–water partition coefficient (Wildman–Crippen LogP) is 0.204. The first-order chi connectivity index (χ1) is 13.2. The Bertz CT molecular complexity index is 456. The summed E-state index contributed by atoms with van der Waals surface area (Å²) < 4.78 is 0. The molecule has 0 aliphatic rings. The number of nitrogens with two attached hydrogens (primary N) is 1. The Hall–Kier alpha value is -0.870. The van der Waals surface area contributed by atoms with Gasteiger partial charge in [-0.1, -0.05) is 40.5 Å². The molecule has 0 fully saturated rings. The van der Waals surface area contributed by atoms with E-state index in [-0.39, 0.29) is 36.9 Å². The molecule has 6 atom stereocenters. The number of carboxylic acid groups (broad SMARTS) is 1. The van der Waals surface area contributed by atoms with Crippen molar-refractivity contribution in [3.63, 3.8) is 0 Å². The Morgan fingerprint density at radius 2 is 1.68 bits per heavy atom. The van der Waals surface area contributed by atoms with E-state index in [9.17, 15) is 14.7 Å². The fraction of sp³-hybridized carbons (Fsp3) is 0.895. The lowest BCUT2D eigenvalue weighted by Crippen LogP contribution is -2.56. The zero-order valence-corrected chi connectivity index (χ0v) is 18.5. The maximum Gasteiger partial charge on any atom is 0.326 e. The van der Waals surface area contributed by atoms with Gasteiger partial charge in [0, 0.05) is 44.0 Å². The van der Waals surface area contributed by atoms with Crippen LogP contribution in [0.3, 0.4) is 0 Å². The molecule has 0 spiro atoms. The van der Waals surface area contributed by atoms with Gasteiger partial charge >= 0.3 is 5.97 Å². The Morgan fingerprint density at radius 1 is 1.07 bits per heavy atom. The van der Waals surface area contributed by atoms with E-state index >= 15 is 0 Å². The summed E-state index contributed by atoms with van der Waals surface area (Å²) in [6.07, 6.45) is 1.73. The highest BCUT2D eigenvalue weighted by molar-refractivity contribution is 7.80. The second kappa shape index (κ2) is 15.0. The Kier molecular flexibility index (Phi) is 14.6. The first-order valence-electron chi connectivity index (χ1n) is 10.2. The van der Waals surface area contributed by atoms with Crippen molar-refractivity contribution in [3.05, 3.63) is 0 Å². The van der Waals surface area contributed by atoms with Gasteiger partial charge in [0.25, 0.3) is 0 Å². The van der Waals surface area contributed by atoms with Crippen molar-refractivity contribution in [3.8, 4) is 0 Å². The molecule has 0 bridgehead atoms. The van der Waals surface area contributed by atoms with Gasteiger partial charge in [-0.25, -0.2) is 4.79 Å². The second-order valence-electron chi connectivity index (χ2n) is 7.53. The number of carbonyl (C=O) groups excluding carboxylic acids is 1. The van der Waals surface area contributed by atoms with Crippen LogP contribution in [0.25, 0.3) is 0 Å². The van der Waals surface area contributed by atoms with E-state index in [4.69, 9.17) is 10.8 Å². The minimum absolute atomic E-state index is 0.0209. The molecule has 7 N–H and O–H groups in total. The average Bonchev–Trinajstić information content (AvgIpc) is 2.68. The van der Waals surface area contributed by atoms with Crippen molar-refractivity contribution >= 4 is 24.5 Å². The lowest BCUT2D eigenvalue weighted by atomic mass is 9.95. The van der Waals surface area contributed by atoms with Gasteiger partial charge in [0.05, 0.1) is 6.04 Å². The summed E-state index contributed by atoms with van der Waals surface area (Å²) in [5.74, 6) is -0.509. The summed E-state index contributed by atoms with van der Waals surface area (Å²) in [4.78, 5) is 24.0. The molecule has 0 radical (unpaired) electrons. The van der Waals surface area contributed by atoms with Gasteiger partial charge < -0.3 is 31.9 Å². The number of rotatable bonds is 16. The number of carbonyl (C=O) groups is 2. The number of amides is 1. The number of hydrogen-bond donors (Lipinski definition) is 7. The average molecular weight is 421 g/mol. The maximum atomic E-state index is 12.7. The third-order valence-electron chi connectivity index (χ3n) is 5.29. The summed E-state index contributed by atoms with van der Waals surface area (Å²) in [5.41, 5.74) is 5.95. The summed E-state index contributed by atoms with van der Waals surface area (Å²) in [6.45, 7) is 9.11. The van der Waals surface area contributed by atoms with Crippen LogP contribution in [0, 0.1) is 11.8 Å². The van der Waals surface area contributed by atoms with Crippen molar-refractivity contribution in [2.24, 2.45) is 17.6 Å². The molecule has 0 aromatic rings. The normalized spacial score (nSPS) is 18.0. The number of nitrogens with one attached hydrogen (secondary N) is 3. The van der Waals surface area contributed by atoms with Gasteiger partial charge in [-0.15, -0.1) is 0 Å². The first-order valence-corrected chi connectivity index (χ1v) is 10.8. The molecule has 0 aromatic heterocycles. The number of thiol groups is 1. The van der Waals surface area contributed by atoms with Gasteiger partial charge in [0.1, 0.15) is 6.04 Å². The van der Waals surface area contributed by atoms with Gasteiger partial charge in [-0.3, -0.25) is 4.79 Å². The highest BCUT2D eigenvalue weighted by Crippen LogP contribution is 2.12. The second-order valence-corrected chi connectivity index (χ2v) is 7.89. The van der Waals surface area contributed by atoms with Crippen LogP contribution < -0.4 is 21.7 Å². The lowest BCUT2D eigenvalue weighted by molar-refractivity contribution is -0.142. The van der Waals surface area contributed by atoms with Crippen LogP contribution in [-0.2, 0) is 9.59 Å². The molecule has 0 rings (SSSR count). The third kappa shape index (κ3) is 10.1. The summed E-state index contributed by atoms with van der Waals surface area (Å²) in [5, 5.41) is 27.6. The molecule has 0 aliphatic carbocycles. The quantitative estimate of drug-likeness (QED) is 0.177. The fourth-order valence-electron chi connectivity index (χ4n) is 2.82. The maximum absolute atomic E-state index is 12.7. The molecule has 9 heteroatoms. The van der Waals surface area contributed by atoms with Crippen LogP contribution in [0.2, 0.25) is 0 Å². The molecule has 8 nitrogen and oxygen atoms in total. The van der Waals surface area contributed by atoms with Crippen LogP contribution in [-0.4, -0.2) is 71.7 Å².